The third-order valence-corrected chi connectivity index (χ3v) is 5.69. The number of nitrogens with zero attached hydrogens (tertiary/aromatic N) is 1. The van der Waals surface area contributed by atoms with E-state index < -0.39 is 10.0 Å². The smallest absolute Gasteiger partial charge is 0.243 e. The lowest BCUT2D eigenvalue weighted by Crippen LogP contribution is -2.42. The Hall–Kier alpha value is -1.40. The minimum atomic E-state index is -3.60. The van der Waals surface area contributed by atoms with Crippen LogP contribution in [0.15, 0.2) is 29.2 Å². The zero-order valence-corrected chi connectivity index (χ0v) is 12.9. The van der Waals surface area contributed by atoms with Crippen LogP contribution in [0.2, 0.25) is 0 Å². The Morgan fingerprint density at radius 2 is 2.00 bits per heavy atom. The fraction of sp³-hybridized carbons (Fsp3) is 0.533. The van der Waals surface area contributed by atoms with Crippen LogP contribution >= 0.6 is 0 Å². The van der Waals surface area contributed by atoms with Crippen molar-refractivity contribution in [1.82, 2.24) is 9.62 Å². The van der Waals surface area contributed by atoms with Gasteiger partial charge in [-0.15, -0.1) is 0 Å². The van der Waals surface area contributed by atoms with Gasteiger partial charge in [0.15, 0.2) is 0 Å². The van der Waals surface area contributed by atoms with E-state index in [4.69, 9.17) is 0 Å². The molecule has 0 spiro atoms. The van der Waals surface area contributed by atoms with Crippen LogP contribution in [0, 0.1) is 6.92 Å². The molecule has 114 valence electrons. The molecule has 0 heterocycles. The predicted molar refractivity (Wildman–Crippen MR) is 79.3 cm³/mol. The summed E-state index contributed by atoms with van der Waals surface area (Å²) in [4.78, 5) is 12.2. The predicted octanol–water partition coefficient (Wildman–Crippen LogP) is 1.43. The molecule has 1 N–H and O–H groups in total. The summed E-state index contributed by atoms with van der Waals surface area (Å²) in [6, 6.07) is 7.07. The molecule has 3 rings (SSSR count). The van der Waals surface area contributed by atoms with E-state index in [1.165, 1.54) is 4.31 Å². The quantitative estimate of drug-likeness (QED) is 0.864. The lowest BCUT2D eigenvalue weighted by atomic mass is 10.2. The van der Waals surface area contributed by atoms with Gasteiger partial charge in [0.05, 0.1) is 11.4 Å². The third kappa shape index (κ3) is 3.44. The second kappa shape index (κ2) is 5.42. The summed E-state index contributed by atoms with van der Waals surface area (Å²) in [5.74, 6) is -0.194. The third-order valence-electron chi connectivity index (χ3n) is 3.79. The van der Waals surface area contributed by atoms with Gasteiger partial charge in [0, 0.05) is 12.1 Å². The molecule has 1 aromatic rings. The highest BCUT2D eigenvalue weighted by atomic mass is 32.2. The van der Waals surface area contributed by atoms with E-state index in [9.17, 15) is 13.2 Å². The first-order valence-electron chi connectivity index (χ1n) is 7.35. The second-order valence-electron chi connectivity index (χ2n) is 5.94. The number of carbonyl (C=O) groups is 1. The Morgan fingerprint density at radius 1 is 1.29 bits per heavy atom. The fourth-order valence-corrected chi connectivity index (χ4v) is 4.07. The van der Waals surface area contributed by atoms with Gasteiger partial charge in [0.1, 0.15) is 0 Å². The SMILES string of the molecule is Cc1cccc(S(=O)(=O)N(CC(=O)NC2CC2)C2CC2)c1. The average molecular weight is 308 g/mol. The molecule has 2 aliphatic carbocycles. The highest BCUT2D eigenvalue weighted by molar-refractivity contribution is 7.89. The Morgan fingerprint density at radius 3 is 2.57 bits per heavy atom. The van der Waals surface area contributed by atoms with Crippen LogP contribution in [-0.2, 0) is 14.8 Å². The lowest BCUT2D eigenvalue weighted by molar-refractivity contribution is -0.121. The summed E-state index contributed by atoms with van der Waals surface area (Å²) in [6.45, 7) is 1.79. The number of nitrogens with one attached hydrogen (secondary N) is 1. The van der Waals surface area contributed by atoms with E-state index >= 15 is 0 Å². The first kappa shape index (κ1) is 14.5. The number of hydrogen-bond donors (Lipinski definition) is 1. The molecule has 1 amide bonds. The van der Waals surface area contributed by atoms with Gasteiger partial charge in [-0.2, -0.15) is 4.31 Å². The fourth-order valence-electron chi connectivity index (χ4n) is 2.33. The summed E-state index contributed by atoms with van der Waals surface area (Å²) in [5, 5.41) is 2.86. The second-order valence-corrected chi connectivity index (χ2v) is 7.83. The van der Waals surface area contributed by atoms with Gasteiger partial charge >= 0.3 is 0 Å². The van der Waals surface area contributed by atoms with Crippen LogP contribution < -0.4 is 5.32 Å². The molecule has 1 aromatic carbocycles. The van der Waals surface area contributed by atoms with Gasteiger partial charge in [-0.3, -0.25) is 4.79 Å². The van der Waals surface area contributed by atoms with Crippen LogP contribution in [0.4, 0.5) is 0 Å². The Balaban J connectivity index is 1.80. The van der Waals surface area contributed by atoms with Crippen molar-refractivity contribution in [3.05, 3.63) is 29.8 Å². The van der Waals surface area contributed by atoms with Crippen molar-refractivity contribution in [3.8, 4) is 0 Å². The number of rotatable bonds is 6. The molecule has 0 saturated heterocycles. The van der Waals surface area contributed by atoms with Crippen LogP contribution in [0.1, 0.15) is 31.2 Å². The number of benzene rings is 1. The van der Waals surface area contributed by atoms with E-state index in [0.717, 1.165) is 31.2 Å². The van der Waals surface area contributed by atoms with Crippen molar-refractivity contribution in [2.24, 2.45) is 0 Å². The molecule has 0 radical (unpaired) electrons. The summed E-state index contributed by atoms with van der Waals surface area (Å²) in [6.07, 6.45) is 3.67. The zero-order valence-electron chi connectivity index (χ0n) is 12.1. The van der Waals surface area contributed by atoms with E-state index in [-0.39, 0.29) is 29.4 Å². The van der Waals surface area contributed by atoms with E-state index in [1.807, 2.05) is 13.0 Å². The molecule has 2 saturated carbocycles. The zero-order chi connectivity index (χ0) is 15.0. The van der Waals surface area contributed by atoms with Crippen molar-refractivity contribution < 1.29 is 13.2 Å². The van der Waals surface area contributed by atoms with E-state index in [1.54, 1.807) is 18.2 Å². The molecular formula is C15H20N2O3S. The van der Waals surface area contributed by atoms with E-state index in [2.05, 4.69) is 5.32 Å². The van der Waals surface area contributed by atoms with Crippen LogP contribution in [0.3, 0.4) is 0 Å². The lowest BCUT2D eigenvalue weighted by Gasteiger charge is -2.21. The normalized spacial score (nSPS) is 18.8. The van der Waals surface area contributed by atoms with Crippen molar-refractivity contribution in [2.45, 2.75) is 49.6 Å². The molecule has 0 atom stereocenters. The van der Waals surface area contributed by atoms with Gasteiger partial charge in [-0.05, 0) is 50.3 Å². The van der Waals surface area contributed by atoms with Crippen molar-refractivity contribution in [3.63, 3.8) is 0 Å². The minimum Gasteiger partial charge on any atom is -0.352 e. The molecule has 0 aliphatic heterocycles. The first-order valence-corrected chi connectivity index (χ1v) is 8.79. The number of carbonyl (C=O) groups excluding carboxylic acids is 1. The molecule has 0 aromatic heterocycles. The molecule has 5 nitrogen and oxygen atoms in total. The van der Waals surface area contributed by atoms with Gasteiger partial charge in [-0.25, -0.2) is 8.42 Å². The maximum atomic E-state index is 12.7. The highest BCUT2D eigenvalue weighted by Crippen LogP contribution is 2.32. The largest absolute Gasteiger partial charge is 0.352 e. The molecule has 2 fully saturated rings. The van der Waals surface area contributed by atoms with E-state index in [0.29, 0.717) is 0 Å². The number of hydrogen-bond acceptors (Lipinski definition) is 3. The number of amides is 1. The molecule has 6 heteroatoms. The first-order chi connectivity index (χ1) is 9.96. The van der Waals surface area contributed by atoms with Gasteiger partial charge in [-0.1, -0.05) is 12.1 Å². The summed E-state index contributed by atoms with van der Waals surface area (Å²) in [7, 11) is -3.60. The van der Waals surface area contributed by atoms with Crippen LogP contribution in [0.5, 0.6) is 0 Å². The maximum Gasteiger partial charge on any atom is 0.243 e. The standard InChI is InChI=1S/C15H20N2O3S/c1-11-3-2-4-14(9-11)21(19,20)17(13-7-8-13)10-15(18)16-12-5-6-12/h2-4,9,12-13H,5-8,10H2,1H3,(H,16,18). The molecular weight excluding hydrogens is 288 g/mol. The minimum absolute atomic E-state index is 0.0273. The van der Waals surface area contributed by atoms with Gasteiger partial charge in [0.25, 0.3) is 0 Å². The highest BCUT2D eigenvalue weighted by Gasteiger charge is 2.39. The van der Waals surface area contributed by atoms with Gasteiger partial charge in [0.2, 0.25) is 15.9 Å². The van der Waals surface area contributed by atoms with Crippen LogP contribution in [0.25, 0.3) is 0 Å². The topological polar surface area (TPSA) is 66.5 Å². The molecule has 0 bridgehead atoms. The maximum absolute atomic E-state index is 12.7. The summed E-state index contributed by atoms with van der Waals surface area (Å²) in [5.41, 5.74) is 0.897. The molecule has 0 unspecified atom stereocenters. The number of sulfonamides is 1. The van der Waals surface area contributed by atoms with Crippen molar-refractivity contribution in [1.29, 1.82) is 0 Å². The monoisotopic (exact) mass is 308 g/mol. The summed E-state index contributed by atoms with van der Waals surface area (Å²) < 4.78 is 26.9. The van der Waals surface area contributed by atoms with Gasteiger partial charge < -0.3 is 5.32 Å². The van der Waals surface area contributed by atoms with Crippen molar-refractivity contribution in [2.75, 3.05) is 6.54 Å². The Bertz CT molecular complexity index is 649. The number of aryl methyl sites for hydroxylation is 1. The summed E-state index contributed by atoms with van der Waals surface area (Å²) >= 11 is 0. The Kier molecular flexibility index (Phi) is 3.75. The molecule has 2 aliphatic rings. The van der Waals surface area contributed by atoms with Crippen LogP contribution in [-0.4, -0.2) is 37.3 Å². The van der Waals surface area contributed by atoms with Crippen molar-refractivity contribution >= 4 is 15.9 Å². The Labute approximate surface area is 125 Å². The molecule has 21 heavy (non-hydrogen) atoms. The average Bonchev–Trinajstić information content (AvgIpc) is 3.30.